The number of thiazole rings is 1. The molecular weight excluding hydrogens is 448 g/mol. The highest BCUT2D eigenvalue weighted by molar-refractivity contribution is 7.20. The number of thiophene rings is 1. The third-order valence-electron chi connectivity index (χ3n) is 5.07. The molecule has 156 valence electrons. The highest BCUT2D eigenvalue weighted by Crippen LogP contribution is 2.29. The van der Waals surface area contributed by atoms with E-state index in [1.807, 2.05) is 60.1 Å². The maximum absolute atomic E-state index is 12.7. The molecule has 0 aliphatic heterocycles. The lowest BCUT2D eigenvalue weighted by Crippen LogP contribution is -2.24. The van der Waals surface area contributed by atoms with E-state index < -0.39 is 0 Å². The van der Waals surface area contributed by atoms with Crippen molar-refractivity contribution in [2.45, 2.75) is 19.9 Å². The van der Waals surface area contributed by atoms with E-state index in [4.69, 9.17) is 11.6 Å². The van der Waals surface area contributed by atoms with Gasteiger partial charge in [0, 0.05) is 23.4 Å². The molecule has 0 fully saturated rings. The van der Waals surface area contributed by atoms with E-state index in [1.165, 1.54) is 16.0 Å². The number of rotatable bonds is 6. The van der Waals surface area contributed by atoms with Crippen molar-refractivity contribution in [3.8, 4) is 0 Å². The smallest absolute Gasteiger partial charge is 0.261 e. The van der Waals surface area contributed by atoms with Gasteiger partial charge in [0.1, 0.15) is 4.83 Å². The van der Waals surface area contributed by atoms with E-state index in [0.717, 1.165) is 38.4 Å². The largest absolute Gasteiger partial charge is 0.351 e. The lowest BCUT2D eigenvalue weighted by molar-refractivity contribution is 0.0958. The van der Waals surface area contributed by atoms with Crippen molar-refractivity contribution in [2.24, 2.45) is 0 Å². The summed E-state index contributed by atoms with van der Waals surface area (Å²) >= 11 is 9.45. The number of amides is 1. The number of halogens is 1. The summed E-state index contributed by atoms with van der Waals surface area (Å²) in [6, 6.07) is 17.8. The quantitative estimate of drug-likeness (QED) is 0.349. The molecule has 3 heterocycles. The molecule has 8 heteroatoms. The molecule has 31 heavy (non-hydrogen) atoms. The summed E-state index contributed by atoms with van der Waals surface area (Å²) < 4.78 is 3.10. The molecule has 0 atom stereocenters. The van der Waals surface area contributed by atoms with Gasteiger partial charge in [-0.1, -0.05) is 41.9 Å². The number of hydrogen-bond donors (Lipinski definition) is 1. The zero-order valence-corrected chi connectivity index (χ0v) is 19.2. The van der Waals surface area contributed by atoms with Crippen LogP contribution in [0.2, 0.25) is 5.02 Å². The number of carbonyl (C=O) groups excluding carboxylic acids is 1. The predicted molar refractivity (Wildman–Crippen MR) is 129 cm³/mol. The Kier molecular flexibility index (Phi) is 5.48. The fourth-order valence-electron chi connectivity index (χ4n) is 3.52. The van der Waals surface area contributed by atoms with Crippen LogP contribution in [0.4, 0.5) is 0 Å². The van der Waals surface area contributed by atoms with Gasteiger partial charge in [-0.3, -0.25) is 9.48 Å². The number of aromatic nitrogens is 3. The Hall–Kier alpha value is -2.74. The van der Waals surface area contributed by atoms with Crippen molar-refractivity contribution in [1.29, 1.82) is 0 Å². The van der Waals surface area contributed by atoms with Crippen molar-refractivity contribution in [1.82, 2.24) is 20.1 Å². The zero-order valence-electron chi connectivity index (χ0n) is 16.8. The van der Waals surface area contributed by atoms with Gasteiger partial charge in [-0.15, -0.1) is 22.7 Å². The minimum absolute atomic E-state index is 0.0639. The average molecular weight is 467 g/mol. The van der Waals surface area contributed by atoms with Gasteiger partial charge in [0.25, 0.3) is 5.91 Å². The van der Waals surface area contributed by atoms with E-state index in [9.17, 15) is 4.79 Å². The molecule has 1 N–H and O–H groups in total. The number of fused-ring (bicyclic) bond motifs is 2. The Morgan fingerprint density at radius 2 is 1.94 bits per heavy atom. The molecule has 5 nitrogen and oxygen atoms in total. The second kappa shape index (κ2) is 8.42. The minimum atomic E-state index is -0.0639. The molecule has 5 aromatic rings. The van der Waals surface area contributed by atoms with Crippen LogP contribution >= 0.6 is 34.3 Å². The topological polar surface area (TPSA) is 59.8 Å². The number of carbonyl (C=O) groups is 1. The molecule has 0 aliphatic rings. The average Bonchev–Trinajstić information content (AvgIpc) is 3.45. The molecule has 0 aliphatic carbocycles. The lowest BCUT2D eigenvalue weighted by Gasteiger charge is -2.05. The predicted octanol–water partition coefficient (Wildman–Crippen LogP) is 5.69. The first kappa shape index (κ1) is 20.2. The summed E-state index contributed by atoms with van der Waals surface area (Å²) in [5.41, 5.74) is 2.92. The van der Waals surface area contributed by atoms with Gasteiger partial charge in [0.15, 0.2) is 0 Å². The standard InChI is InChI=1S/C23H19ClN4OS2/c1-14-16-12-20(31-23(16)28(27-14)13-15-6-2-3-7-17(15)24)22(29)25-11-10-21-26-18-8-4-5-9-19(18)30-21/h2-9,12H,10-11,13H2,1H3,(H,25,29). The van der Waals surface area contributed by atoms with Crippen LogP contribution in [0.3, 0.4) is 0 Å². The highest BCUT2D eigenvalue weighted by atomic mass is 35.5. The number of aryl methyl sites for hydroxylation is 1. The summed E-state index contributed by atoms with van der Waals surface area (Å²) in [6.07, 6.45) is 0.718. The van der Waals surface area contributed by atoms with Crippen LogP contribution in [0.5, 0.6) is 0 Å². The van der Waals surface area contributed by atoms with Crippen LogP contribution in [0, 0.1) is 6.92 Å². The molecule has 0 radical (unpaired) electrons. The van der Waals surface area contributed by atoms with Gasteiger partial charge < -0.3 is 5.32 Å². The van der Waals surface area contributed by atoms with E-state index >= 15 is 0 Å². The lowest BCUT2D eigenvalue weighted by atomic mass is 10.2. The van der Waals surface area contributed by atoms with Crippen LogP contribution < -0.4 is 5.32 Å². The van der Waals surface area contributed by atoms with Gasteiger partial charge >= 0.3 is 0 Å². The van der Waals surface area contributed by atoms with Crippen molar-refractivity contribution in [3.63, 3.8) is 0 Å². The van der Waals surface area contributed by atoms with E-state index in [2.05, 4.69) is 21.5 Å². The fourth-order valence-corrected chi connectivity index (χ4v) is 5.76. The van der Waals surface area contributed by atoms with Gasteiger partial charge in [0.05, 0.1) is 32.3 Å². The van der Waals surface area contributed by atoms with Gasteiger partial charge in [0.2, 0.25) is 0 Å². The maximum Gasteiger partial charge on any atom is 0.261 e. The summed E-state index contributed by atoms with van der Waals surface area (Å²) in [5.74, 6) is -0.0639. The number of benzene rings is 2. The Balaban J connectivity index is 1.29. The summed E-state index contributed by atoms with van der Waals surface area (Å²) in [6.45, 7) is 3.09. The van der Waals surface area contributed by atoms with Crippen LogP contribution in [0.25, 0.3) is 20.4 Å². The van der Waals surface area contributed by atoms with Crippen LogP contribution in [0.15, 0.2) is 54.6 Å². The van der Waals surface area contributed by atoms with Crippen molar-refractivity contribution in [2.75, 3.05) is 6.54 Å². The fraction of sp³-hybridized carbons (Fsp3) is 0.174. The molecule has 0 saturated carbocycles. The second-order valence-electron chi connectivity index (χ2n) is 7.25. The monoisotopic (exact) mass is 466 g/mol. The first-order valence-electron chi connectivity index (χ1n) is 9.91. The van der Waals surface area contributed by atoms with Gasteiger partial charge in [-0.25, -0.2) is 4.98 Å². The van der Waals surface area contributed by atoms with Crippen LogP contribution in [-0.2, 0) is 13.0 Å². The molecule has 1 amide bonds. The van der Waals surface area contributed by atoms with Crippen LogP contribution in [-0.4, -0.2) is 27.2 Å². The second-order valence-corrected chi connectivity index (χ2v) is 9.80. The third kappa shape index (κ3) is 4.08. The zero-order chi connectivity index (χ0) is 21.4. The number of nitrogens with one attached hydrogen (secondary N) is 1. The van der Waals surface area contributed by atoms with E-state index in [1.54, 1.807) is 11.3 Å². The van der Waals surface area contributed by atoms with Crippen molar-refractivity contribution < 1.29 is 4.79 Å². The minimum Gasteiger partial charge on any atom is -0.351 e. The molecule has 0 saturated heterocycles. The molecule has 0 unspecified atom stereocenters. The summed E-state index contributed by atoms with van der Waals surface area (Å²) in [4.78, 5) is 19.0. The van der Waals surface area contributed by atoms with Gasteiger partial charge in [-0.05, 0) is 36.8 Å². The molecule has 0 spiro atoms. The number of nitrogens with zero attached hydrogens (tertiary/aromatic N) is 3. The molecule has 3 aromatic heterocycles. The summed E-state index contributed by atoms with van der Waals surface area (Å²) in [5, 5.41) is 10.4. The number of para-hydroxylation sites is 1. The Bertz CT molecular complexity index is 1370. The summed E-state index contributed by atoms with van der Waals surface area (Å²) in [7, 11) is 0. The van der Waals surface area contributed by atoms with Crippen molar-refractivity contribution >= 4 is 60.6 Å². The van der Waals surface area contributed by atoms with Crippen LogP contribution in [0.1, 0.15) is 25.9 Å². The Labute approximate surface area is 192 Å². The first-order valence-corrected chi connectivity index (χ1v) is 11.9. The SMILES string of the molecule is Cc1nn(Cc2ccccc2Cl)c2sc(C(=O)NCCc3nc4ccccc4s3)cc12. The Morgan fingerprint density at radius 1 is 1.13 bits per heavy atom. The van der Waals surface area contributed by atoms with Gasteiger partial charge in [-0.2, -0.15) is 5.10 Å². The normalized spacial score (nSPS) is 11.4. The molecule has 2 aromatic carbocycles. The highest BCUT2D eigenvalue weighted by Gasteiger charge is 2.17. The number of hydrogen-bond acceptors (Lipinski definition) is 5. The first-order chi connectivity index (χ1) is 15.1. The molecule has 5 rings (SSSR count). The Morgan fingerprint density at radius 3 is 2.77 bits per heavy atom. The third-order valence-corrected chi connectivity index (χ3v) is 7.68. The molecule has 0 bridgehead atoms. The van der Waals surface area contributed by atoms with E-state index in [-0.39, 0.29) is 5.91 Å². The van der Waals surface area contributed by atoms with Crippen molar-refractivity contribution in [3.05, 3.63) is 80.8 Å². The maximum atomic E-state index is 12.7. The van der Waals surface area contributed by atoms with E-state index in [0.29, 0.717) is 23.0 Å². The molecular formula is C23H19ClN4OS2.